The van der Waals surface area contributed by atoms with Crippen LogP contribution in [0.15, 0.2) is 35.3 Å². The number of rotatable bonds is 3. The molecule has 0 spiro atoms. The van der Waals surface area contributed by atoms with Crippen LogP contribution in [0, 0.1) is 5.41 Å². The average Bonchev–Trinajstić information content (AvgIpc) is 2.13. The van der Waals surface area contributed by atoms with E-state index in [1.54, 1.807) is 0 Å². The van der Waals surface area contributed by atoms with Crippen LogP contribution in [0.3, 0.4) is 0 Å². The lowest BCUT2D eigenvalue weighted by Crippen LogP contribution is -2.06. The molecular formula is C13H19N. The minimum Gasteiger partial charge on any atom is -0.293 e. The normalized spacial score (nSPS) is 12.2. The molecule has 76 valence electrons. The topological polar surface area (TPSA) is 12.4 Å². The molecule has 0 heterocycles. The maximum atomic E-state index is 4.40. The van der Waals surface area contributed by atoms with Gasteiger partial charge in [-0.25, -0.2) is 0 Å². The standard InChI is InChI=1S/C13H19N/c1-13(2,3)9-10-14-11-12-7-5-4-6-8-12/h4-8,11H,9-10H2,1-3H3/b14-11+. The molecular weight excluding hydrogens is 170 g/mol. The Balaban J connectivity index is 2.35. The Morgan fingerprint density at radius 1 is 1.14 bits per heavy atom. The Bertz CT molecular complexity index is 280. The Labute approximate surface area is 86.9 Å². The molecule has 0 unspecified atom stereocenters. The van der Waals surface area contributed by atoms with Gasteiger partial charge in [-0.1, -0.05) is 51.1 Å². The number of benzene rings is 1. The number of hydrogen-bond donors (Lipinski definition) is 0. The first kappa shape index (κ1) is 11.0. The van der Waals surface area contributed by atoms with Gasteiger partial charge in [-0.3, -0.25) is 4.99 Å². The molecule has 0 fully saturated rings. The van der Waals surface area contributed by atoms with Crippen molar-refractivity contribution in [3.8, 4) is 0 Å². The summed E-state index contributed by atoms with van der Waals surface area (Å²) in [6.07, 6.45) is 3.09. The molecule has 1 aromatic rings. The van der Waals surface area contributed by atoms with Gasteiger partial charge in [-0.05, 0) is 17.4 Å². The van der Waals surface area contributed by atoms with Gasteiger partial charge in [0.1, 0.15) is 0 Å². The zero-order valence-corrected chi connectivity index (χ0v) is 9.33. The summed E-state index contributed by atoms with van der Waals surface area (Å²) in [7, 11) is 0. The smallest absolute Gasteiger partial charge is 0.0394 e. The highest BCUT2D eigenvalue weighted by atomic mass is 14.7. The van der Waals surface area contributed by atoms with Crippen molar-refractivity contribution >= 4 is 6.21 Å². The van der Waals surface area contributed by atoms with Crippen LogP contribution in [0.1, 0.15) is 32.8 Å². The van der Waals surface area contributed by atoms with E-state index in [9.17, 15) is 0 Å². The fourth-order valence-electron chi connectivity index (χ4n) is 1.11. The molecule has 0 saturated carbocycles. The zero-order valence-electron chi connectivity index (χ0n) is 9.33. The Morgan fingerprint density at radius 3 is 2.36 bits per heavy atom. The van der Waals surface area contributed by atoms with E-state index in [0.717, 1.165) is 13.0 Å². The molecule has 0 bridgehead atoms. The predicted molar refractivity (Wildman–Crippen MR) is 63.0 cm³/mol. The minimum atomic E-state index is 0.383. The fraction of sp³-hybridized carbons (Fsp3) is 0.462. The third kappa shape index (κ3) is 4.80. The van der Waals surface area contributed by atoms with Gasteiger partial charge in [0.2, 0.25) is 0 Å². The van der Waals surface area contributed by atoms with Crippen LogP contribution in [-0.2, 0) is 0 Å². The van der Waals surface area contributed by atoms with Crippen LogP contribution < -0.4 is 0 Å². The number of hydrogen-bond acceptors (Lipinski definition) is 1. The van der Waals surface area contributed by atoms with E-state index < -0.39 is 0 Å². The molecule has 0 aliphatic carbocycles. The van der Waals surface area contributed by atoms with Crippen molar-refractivity contribution in [2.75, 3.05) is 6.54 Å². The average molecular weight is 189 g/mol. The third-order valence-electron chi connectivity index (χ3n) is 2.03. The second-order valence-electron chi connectivity index (χ2n) is 4.76. The molecule has 0 aromatic heterocycles. The molecule has 0 aliphatic heterocycles. The van der Waals surface area contributed by atoms with E-state index in [0.29, 0.717) is 5.41 Å². The van der Waals surface area contributed by atoms with Crippen molar-refractivity contribution in [3.63, 3.8) is 0 Å². The number of aliphatic imine (C=N–C) groups is 1. The molecule has 14 heavy (non-hydrogen) atoms. The summed E-state index contributed by atoms with van der Waals surface area (Å²) in [5, 5.41) is 0. The van der Waals surface area contributed by atoms with Crippen molar-refractivity contribution < 1.29 is 0 Å². The third-order valence-corrected chi connectivity index (χ3v) is 2.03. The molecule has 1 nitrogen and oxygen atoms in total. The quantitative estimate of drug-likeness (QED) is 0.645. The Kier molecular flexibility index (Phi) is 3.87. The Hall–Kier alpha value is -1.11. The summed E-state index contributed by atoms with van der Waals surface area (Å²) in [5.41, 5.74) is 1.56. The summed E-state index contributed by atoms with van der Waals surface area (Å²) in [4.78, 5) is 4.40. The molecule has 1 heteroatoms. The monoisotopic (exact) mass is 189 g/mol. The molecule has 0 saturated heterocycles. The van der Waals surface area contributed by atoms with Crippen molar-refractivity contribution in [2.45, 2.75) is 27.2 Å². The van der Waals surface area contributed by atoms with E-state index >= 15 is 0 Å². The highest BCUT2D eigenvalue weighted by molar-refractivity contribution is 5.79. The van der Waals surface area contributed by atoms with Gasteiger partial charge in [0.25, 0.3) is 0 Å². The maximum absolute atomic E-state index is 4.40. The van der Waals surface area contributed by atoms with Crippen molar-refractivity contribution in [1.29, 1.82) is 0 Å². The second-order valence-corrected chi connectivity index (χ2v) is 4.76. The summed E-state index contributed by atoms with van der Waals surface area (Å²) < 4.78 is 0. The van der Waals surface area contributed by atoms with E-state index in [1.807, 2.05) is 24.4 Å². The van der Waals surface area contributed by atoms with E-state index in [4.69, 9.17) is 0 Å². The largest absolute Gasteiger partial charge is 0.293 e. The first-order valence-corrected chi connectivity index (χ1v) is 5.13. The zero-order chi connectivity index (χ0) is 10.4. The van der Waals surface area contributed by atoms with Gasteiger partial charge in [-0.15, -0.1) is 0 Å². The molecule has 1 rings (SSSR count). The van der Waals surface area contributed by atoms with Crippen LogP contribution in [0.2, 0.25) is 0 Å². The van der Waals surface area contributed by atoms with Gasteiger partial charge < -0.3 is 0 Å². The van der Waals surface area contributed by atoms with Gasteiger partial charge in [-0.2, -0.15) is 0 Å². The lowest BCUT2D eigenvalue weighted by Gasteiger charge is -2.15. The second kappa shape index (κ2) is 4.94. The molecule has 0 N–H and O–H groups in total. The van der Waals surface area contributed by atoms with Crippen LogP contribution in [0.25, 0.3) is 0 Å². The van der Waals surface area contributed by atoms with Gasteiger partial charge in [0.15, 0.2) is 0 Å². The molecule has 0 atom stereocenters. The van der Waals surface area contributed by atoms with Crippen LogP contribution in [-0.4, -0.2) is 12.8 Å². The molecule has 0 radical (unpaired) electrons. The van der Waals surface area contributed by atoms with Crippen molar-refractivity contribution in [1.82, 2.24) is 0 Å². The highest BCUT2D eigenvalue weighted by Crippen LogP contribution is 2.17. The van der Waals surface area contributed by atoms with Crippen LogP contribution >= 0.6 is 0 Å². The molecule has 0 aliphatic rings. The lowest BCUT2D eigenvalue weighted by molar-refractivity contribution is 0.385. The van der Waals surface area contributed by atoms with Gasteiger partial charge >= 0.3 is 0 Å². The van der Waals surface area contributed by atoms with Crippen molar-refractivity contribution in [2.24, 2.45) is 10.4 Å². The SMILES string of the molecule is CC(C)(C)CC/N=C/c1ccccc1. The predicted octanol–water partition coefficient (Wildman–Crippen LogP) is 3.54. The van der Waals surface area contributed by atoms with E-state index in [-0.39, 0.29) is 0 Å². The van der Waals surface area contributed by atoms with Crippen LogP contribution in [0.5, 0.6) is 0 Å². The summed E-state index contributed by atoms with van der Waals surface area (Å²) >= 11 is 0. The van der Waals surface area contributed by atoms with Gasteiger partial charge in [0.05, 0.1) is 0 Å². The number of nitrogens with zero attached hydrogens (tertiary/aromatic N) is 1. The minimum absolute atomic E-state index is 0.383. The first-order valence-electron chi connectivity index (χ1n) is 5.13. The summed E-state index contributed by atoms with van der Waals surface area (Å²) in [6, 6.07) is 10.2. The molecule has 0 amide bonds. The molecule has 1 aromatic carbocycles. The highest BCUT2D eigenvalue weighted by Gasteiger charge is 2.07. The lowest BCUT2D eigenvalue weighted by atomic mass is 9.92. The fourth-order valence-corrected chi connectivity index (χ4v) is 1.11. The van der Waals surface area contributed by atoms with E-state index in [2.05, 4.69) is 37.9 Å². The summed E-state index contributed by atoms with van der Waals surface area (Å²) in [6.45, 7) is 7.64. The van der Waals surface area contributed by atoms with E-state index in [1.165, 1.54) is 5.56 Å². The van der Waals surface area contributed by atoms with Gasteiger partial charge in [0, 0.05) is 12.8 Å². The first-order chi connectivity index (χ1) is 6.58. The summed E-state index contributed by atoms with van der Waals surface area (Å²) in [5.74, 6) is 0. The maximum Gasteiger partial charge on any atom is 0.0394 e. The van der Waals surface area contributed by atoms with Crippen molar-refractivity contribution in [3.05, 3.63) is 35.9 Å². The van der Waals surface area contributed by atoms with Crippen LogP contribution in [0.4, 0.5) is 0 Å². The Morgan fingerprint density at radius 2 is 1.79 bits per heavy atom.